The Morgan fingerprint density at radius 2 is 1.21 bits per heavy atom. The molecule has 0 heterocycles. The summed E-state index contributed by atoms with van der Waals surface area (Å²) in [5, 5.41) is 19.9. The second-order valence-electron chi connectivity index (χ2n) is 3.41. The topological polar surface area (TPSA) is 132 Å². The number of carbonyl (C=O) groups excluding carboxylic acids is 2. The molecule has 0 aliphatic rings. The van der Waals surface area contributed by atoms with Gasteiger partial charge in [-0.2, -0.15) is 23.5 Å². The van der Waals surface area contributed by atoms with E-state index in [-0.39, 0.29) is 17.1 Å². The molecule has 0 amide bonds. The van der Waals surface area contributed by atoms with E-state index >= 15 is 0 Å². The fraction of sp³-hybridized carbons (Fsp3) is 0.800. The van der Waals surface area contributed by atoms with Crippen LogP contribution in [0.4, 0.5) is 0 Å². The second-order valence-corrected chi connectivity index (χ2v) is 5.39. The number of hydrogen-bond acceptors (Lipinski definition) is 8. The summed E-state index contributed by atoms with van der Waals surface area (Å²) < 4.78 is 0. The quantitative estimate of drug-likeness (QED) is 0.463. The van der Waals surface area contributed by atoms with E-state index in [4.69, 9.17) is 11.5 Å². The largest absolute Gasteiger partial charge is 2.00 e. The molecule has 0 aliphatic carbocycles. The van der Waals surface area contributed by atoms with Gasteiger partial charge >= 0.3 is 17.1 Å². The van der Waals surface area contributed by atoms with Crippen LogP contribution < -0.4 is 21.7 Å². The molecule has 0 aliphatic heterocycles. The molecule has 0 aromatic rings. The van der Waals surface area contributed by atoms with E-state index in [9.17, 15) is 19.8 Å². The molecule has 114 valence electrons. The number of carbonyl (C=O) groups is 2. The molecule has 19 heavy (non-hydrogen) atoms. The van der Waals surface area contributed by atoms with Crippen molar-refractivity contribution in [3.63, 3.8) is 0 Å². The minimum absolute atomic E-state index is 0. The van der Waals surface area contributed by atoms with Gasteiger partial charge in [-0.05, 0) is 36.9 Å². The summed E-state index contributed by atoms with van der Waals surface area (Å²) in [5.74, 6) is -0.780. The first-order valence-electron chi connectivity index (χ1n) is 5.27. The minimum Gasteiger partial charge on any atom is -0.548 e. The van der Waals surface area contributed by atoms with Gasteiger partial charge in [0.1, 0.15) is 0 Å². The molecule has 0 fully saturated rings. The molecule has 0 saturated heterocycles. The minimum atomic E-state index is -1.16. The van der Waals surface area contributed by atoms with Gasteiger partial charge in [-0.3, -0.25) is 0 Å². The van der Waals surface area contributed by atoms with Crippen LogP contribution in [0.3, 0.4) is 0 Å². The molecule has 2 atom stereocenters. The molecule has 9 heteroatoms. The second kappa shape index (κ2) is 16.1. The zero-order chi connectivity index (χ0) is 14.6. The molecule has 0 rings (SSSR count). The maximum absolute atomic E-state index is 9.96. The van der Waals surface area contributed by atoms with Crippen LogP contribution in [0.1, 0.15) is 12.8 Å². The van der Waals surface area contributed by atoms with E-state index < -0.39 is 24.0 Å². The Morgan fingerprint density at radius 1 is 0.947 bits per heavy atom. The molecule has 0 unspecified atom stereocenters. The molecule has 0 spiro atoms. The first-order valence-corrected chi connectivity index (χ1v) is 8.06. The first-order chi connectivity index (χ1) is 8.36. The van der Waals surface area contributed by atoms with Crippen molar-refractivity contribution in [3.05, 3.63) is 0 Å². The third-order valence-corrected chi connectivity index (χ3v) is 3.16. The zero-order valence-electron chi connectivity index (χ0n) is 10.9. The Morgan fingerprint density at radius 3 is 1.37 bits per heavy atom. The van der Waals surface area contributed by atoms with E-state index in [0.29, 0.717) is 12.8 Å². The van der Waals surface area contributed by atoms with Crippen LogP contribution in [0, 0.1) is 0 Å². The van der Waals surface area contributed by atoms with Crippen LogP contribution in [0.2, 0.25) is 0 Å². The van der Waals surface area contributed by atoms with Crippen molar-refractivity contribution in [3.8, 4) is 0 Å². The van der Waals surface area contributed by atoms with Gasteiger partial charge < -0.3 is 31.3 Å². The maximum atomic E-state index is 9.96. The van der Waals surface area contributed by atoms with Gasteiger partial charge in [-0.1, -0.05) is 0 Å². The predicted octanol–water partition coefficient (Wildman–Crippen LogP) is -2.37. The molecule has 0 aromatic heterocycles. The Hall–Kier alpha value is 0.0795. The summed E-state index contributed by atoms with van der Waals surface area (Å²) in [4.78, 5) is 19.9. The van der Waals surface area contributed by atoms with Crippen molar-refractivity contribution >= 4 is 35.5 Å². The van der Waals surface area contributed by atoms with Gasteiger partial charge in [0.2, 0.25) is 0 Å². The van der Waals surface area contributed by atoms with Crippen LogP contribution in [-0.4, -0.2) is 48.0 Å². The van der Waals surface area contributed by atoms with Gasteiger partial charge in [-0.15, -0.1) is 0 Å². The van der Waals surface area contributed by atoms with E-state index in [0.717, 1.165) is 11.5 Å². The van der Waals surface area contributed by atoms with Crippen molar-refractivity contribution in [1.82, 2.24) is 0 Å². The number of hydrogen-bond donors (Lipinski definition) is 2. The summed E-state index contributed by atoms with van der Waals surface area (Å²) in [6.07, 6.45) is 4.79. The van der Waals surface area contributed by atoms with Crippen LogP contribution in [0.5, 0.6) is 0 Å². The van der Waals surface area contributed by atoms with Crippen molar-refractivity contribution in [1.29, 1.82) is 0 Å². The van der Waals surface area contributed by atoms with Gasteiger partial charge in [0.25, 0.3) is 0 Å². The van der Waals surface area contributed by atoms with E-state index in [2.05, 4.69) is 0 Å². The van der Waals surface area contributed by atoms with Crippen molar-refractivity contribution in [2.24, 2.45) is 11.5 Å². The Labute approximate surface area is 132 Å². The molecule has 6 nitrogen and oxygen atoms in total. The van der Waals surface area contributed by atoms with E-state index in [1.165, 1.54) is 0 Å². The molecular formula is C10H20FeN2O4S2. The van der Waals surface area contributed by atoms with Crippen LogP contribution in [-0.2, 0) is 26.7 Å². The smallest absolute Gasteiger partial charge is 0.548 e. The molecular weight excluding hydrogens is 332 g/mol. The zero-order valence-corrected chi connectivity index (χ0v) is 13.7. The predicted molar refractivity (Wildman–Crippen MR) is 72.0 cm³/mol. The summed E-state index contributed by atoms with van der Waals surface area (Å²) >= 11 is 3.15. The summed E-state index contributed by atoms with van der Waals surface area (Å²) in [6, 6.07) is -1.59. The number of nitrogens with two attached hydrogens (primary N) is 2. The first kappa shape index (κ1) is 24.1. The monoisotopic (exact) mass is 352 g/mol. The van der Waals surface area contributed by atoms with Gasteiger partial charge in [0.15, 0.2) is 0 Å². The van der Waals surface area contributed by atoms with Crippen molar-refractivity contribution < 1.29 is 36.9 Å². The summed E-state index contributed by atoms with van der Waals surface area (Å²) in [7, 11) is 0. The molecule has 4 N–H and O–H groups in total. The maximum Gasteiger partial charge on any atom is 2.00 e. The fourth-order valence-corrected chi connectivity index (χ4v) is 1.70. The third kappa shape index (κ3) is 18.1. The SMILES string of the molecule is CSCC[C@H](N)C(=O)[O-].CSCC[C@H](N)C(=O)[O-].[Fe+2]. The number of carboxylic acids is 2. The summed E-state index contributed by atoms with van der Waals surface area (Å²) in [5.41, 5.74) is 10.3. The molecule has 0 radical (unpaired) electrons. The summed E-state index contributed by atoms with van der Waals surface area (Å²) in [6.45, 7) is 0. The Bertz CT molecular complexity index is 224. The number of carboxylic acid groups (broad SMARTS) is 2. The standard InChI is InChI=1S/2C5H11NO2S.Fe/c2*1-9-3-2-4(6)5(7)8;/h2*4H,2-3,6H2,1H3,(H,7,8);/q;;+2/p-2/t2*4-;/m00./s1. The average Bonchev–Trinajstić information content (AvgIpc) is 2.33. The molecule has 0 aromatic carbocycles. The van der Waals surface area contributed by atoms with Crippen LogP contribution in [0.25, 0.3) is 0 Å². The molecule has 0 bridgehead atoms. The van der Waals surface area contributed by atoms with Crippen molar-refractivity contribution in [2.45, 2.75) is 24.9 Å². The Kier molecular flexibility index (Phi) is 20.5. The number of thioether (sulfide) groups is 2. The Balaban J connectivity index is -0.000000256. The third-order valence-electron chi connectivity index (χ3n) is 1.87. The van der Waals surface area contributed by atoms with Gasteiger partial charge in [0.05, 0.1) is 11.9 Å². The van der Waals surface area contributed by atoms with Crippen LogP contribution >= 0.6 is 23.5 Å². The van der Waals surface area contributed by atoms with E-state index in [1.54, 1.807) is 23.5 Å². The fourth-order valence-electron chi connectivity index (χ4n) is 0.725. The van der Waals surface area contributed by atoms with Gasteiger partial charge in [-0.25, -0.2) is 0 Å². The number of aliphatic carboxylic acids is 2. The average molecular weight is 352 g/mol. The number of rotatable bonds is 8. The normalized spacial score (nSPS) is 12.4. The van der Waals surface area contributed by atoms with Gasteiger partial charge in [0, 0.05) is 12.1 Å². The molecule has 0 saturated carbocycles. The van der Waals surface area contributed by atoms with Crippen molar-refractivity contribution in [2.75, 3.05) is 24.0 Å². The van der Waals surface area contributed by atoms with Crippen LogP contribution in [0.15, 0.2) is 0 Å². The van der Waals surface area contributed by atoms with E-state index in [1.807, 2.05) is 12.5 Å².